The number of nitrogens with one attached hydrogen (secondary N) is 1. The summed E-state index contributed by atoms with van der Waals surface area (Å²) in [6.07, 6.45) is 1.51. The maximum atomic E-state index is 12.4. The van der Waals surface area contributed by atoms with Gasteiger partial charge in [0, 0.05) is 28.1 Å². The molecule has 0 spiro atoms. The molecule has 27 heavy (non-hydrogen) atoms. The normalized spacial score (nSPS) is 11.7. The van der Waals surface area contributed by atoms with Crippen LogP contribution in [0.5, 0.6) is 5.75 Å². The lowest BCUT2D eigenvalue weighted by Gasteiger charge is -2.10. The molecule has 0 unspecified atom stereocenters. The first-order valence-electron chi connectivity index (χ1n) is 8.32. The maximum Gasteiger partial charge on any atom is 0.248 e. The summed E-state index contributed by atoms with van der Waals surface area (Å²) in [5.74, 6) is 1.21. The van der Waals surface area contributed by atoms with Crippen LogP contribution in [0, 0.1) is 13.8 Å². The number of hydrogen-bond acceptors (Lipinski definition) is 3. The largest absolute Gasteiger partial charge is 0.496 e. The van der Waals surface area contributed by atoms with Gasteiger partial charge < -0.3 is 14.5 Å². The van der Waals surface area contributed by atoms with Crippen LogP contribution >= 0.6 is 23.2 Å². The number of allylic oxidation sites excluding steroid dienone is 1. The molecule has 4 nitrogen and oxygen atoms in total. The van der Waals surface area contributed by atoms with Crippen LogP contribution in [0.4, 0.5) is 5.69 Å². The zero-order chi connectivity index (χ0) is 19.7. The molecular formula is C21H19Cl2NO3. The third-order valence-electron chi connectivity index (χ3n) is 4.46. The van der Waals surface area contributed by atoms with Gasteiger partial charge in [0.2, 0.25) is 5.91 Å². The van der Waals surface area contributed by atoms with Crippen molar-refractivity contribution in [1.29, 1.82) is 0 Å². The Labute approximate surface area is 167 Å². The van der Waals surface area contributed by atoms with Gasteiger partial charge in [-0.3, -0.25) is 4.79 Å². The minimum absolute atomic E-state index is 0.293. The van der Waals surface area contributed by atoms with Gasteiger partial charge in [0.25, 0.3) is 0 Å². The van der Waals surface area contributed by atoms with E-state index >= 15 is 0 Å². The Morgan fingerprint density at radius 1 is 1.19 bits per heavy atom. The molecule has 0 aliphatic carbocycles. The average Bonchev–Trinajstić information content (AvgIpc) is 2.89. The number of amides is 1. The predicted molar refractivity (Wildman–Crippen MR) is 111 cm³/mol. The molecule has 140 valence electrons. The van der Waals surface area contributed by atoms with E-state index in [4.69, 9.17) is 32.4 Å². The first-order chi connectivity index (χ1) is 12.8. The average molecular weight is 404 g/mol. The van der Waals surface area contributed by atoms with Crippen molar-refractivity contribution in [2.75, 3.05) is 12.4 Å². The highest BCUT2D eigenvalue weighted by molar-refractivity contribution is 6.36. The van der Waals surface area contributed by atoms with E-state index in [1.807, 2.05) is 32.9 Å². The lowest BCUT2D eigenvalue weighted by Crippen LogP contribution is -2.09. The number of hydrogen-bond donors (Lipinski definition) is 1. The lowest BCUT2D eigenvalue weighted by molar-refractivity contribution is -0.111. The van der Waals surface area contributed by atoms with Gasteiger partial charge >= 0.3 is 0 Å². The molecule has 0 atom stereocenters. The maximum absolute atomic E-state index is 12.4. The number of methoxy groups -OCH3 is 1. The fourth-order valence-electron chi connectivity index (χ4n) is 2.88. The molecule has 0 radical (unpaired) electrons. The first kappa shape index (κ1) is 19.3. The second-order valence-corrected chi connectivity index (χ2v) is 7.12. The number of anilines is 1. The van der Waals surface area contributed by atoms with Gasteiger partial charge in [-0.25, -0.2) is 0 Å². The Hall–Kier alpha value is -2.43. The molecule has 1 amide bonds. The number of ether oxygens (including phenoxy) is 1. The van der Waals surface area contributed by atoms with E-state index in [1.165, 1.54) is 6.08 Å². The van der Waals surface area contributed by atoms with E-state index in [0.29, 0.717) is 21.5 Å². The second kappa shape index (κ2) is 7.67. The molecule has 1 aromatic heterocycles. The van der Waals surface area contributed by atoms with Crippen molar-refractivity contribution >= 4 is 51.3 Å². The van der Waals surface area contributed by atoms with Crippen molar-refractivity contribution in [3.05, 3.63) is 63.3 Å². The highest BCUT2D eigenvalue weighted by Crippen LogP contribution is 2.35. The molecule has 3 aromatic rings. The van der Waals surface area contributed by atoms with Gasteiger partial charge in [-0.1, -0.05) is 23.2 Å². The Kier molecular flexibility index (Phi) is 5.49. The van der Waals surface area contributed by atoms with Crippen LogP contribution in [-0.4, -0.2) is 13.0 Å². The van der Waals surface area contributed by atoms with Crippen LogP contribution in [0.25, 0.3) is 16.5 Å². The van der Waals surface area contributed by atoms with Crippen LogP contribution in [-0.2, 0) is 4.79 Å². The summed E-state index contributed by atoms with van der Waals surface area (Å²) in [7, 11) is 1.59. The molecule has 0 saturated carbocycles. The van der Waals surface area contributed by atoms with Crippen molar-refractivity contribution in [3.8, 4) is 5.75 Å². The summed E-state index contributed by atoms with van der Waals surface area (Å²) in [6, 6.07) is 8.73. The number of rotatable bonds is 4. The fraction of sp³-hybridized carbons (Fsp3) is 0.190. The molecule has 3 rings (SSSR count). The SMILES string of the molecule is COc1cc2oc(C)c(C)c2cc1/C(C)=C/C(=O)Nc1ccc(Cl)cc1Cl. The molecule has 0 fully saturated rings. The minimum atomic E-state index is -0.293. The minimum Gasteiger partial charge on any atom is -0.496 e. The van der Waals surface area contributed by atoms with Gasteiger partial charge in [0.1, 0.15) is 17.1 Å². The highest BCUT2D eigenvalue weighted by Gasteiger charge is 2.14. The first-order valence-corrected chi connectivity index (χ1v) is 9.08. The van der Waals surface area contributed by atoms with Gasteiger partial charge in [-0.05, 0) is 56.2 Å². The summed E-state index contributed by atoms with van der Waals surface area (Å²) < 4.78 is 11.2. The highest BCUT2D eigenvalue weighted by atomic mass is 35.5. The van der Waals surface area contributed by atoms with Crippen LogP contribution in [0.3, 0.4) is 0 Å². The van der Waals surface area contributed by atoms with Crippen molar-refractivity contribution in [1.82, 2.24) is 0 Å². The number of benzene rings is 2. The number of fused-ring (bicyclic) bond motifs is 1. The van der Waals surface area contributed by atoms with E-state index in [0.717, 1.165) is 33.4 Å². The molecule has 1 N–H and O–H groups in total. The van der Waals surface area contributed by atoms with Crippen molar-refractivity contribution in [2.45, 2.75) is 20.8 Å². The van der Waals surface area contributed by atoms with Crippen LogP contribution in [0.1, 0.15) is 23.8 Å². The van der Waals surface area contributed by atoms with Gasteiger partial charge in [0.05, 0.1) is 17.8 Å². The third-order valence-corrected chi connectivity index (χ3v) is 5.01. The third kappa shape index (κ3) is 3.97. The molecule has 0 saturated heterocycles. The molecule has 6 heteroatoms. The van der Waals surface area contributed by atoms with E-state index < -0.39 is 0 Å². The Morgan fingerprint density at radius 3 is 2.59 bits per heavy atom. The van der Waals surface area contributed by atoms with Crippen LogP contribution in [0.2, 0.25) is 10.0 Å². The zero-order valence-corrected chi connectivity index (χ0v) is 17.0. The van der Waals surface area contributed by atoms with E-state index in [2.05, 4.69) is 5.32 Å². The zero-order valence-electron chi connectivity index (χ0n) is 15.4. The number of aryl methyl sites for hydroxylation is 2. The standard InChI is InChI=1S/C21H19Cl2NO3/c1-11(7-21(25)24-18-6-5-14(22)8-17(18)23)15-9-16-12(2)13(3)27-20(16)10-19(15)26-4/h5-10H,1-4H3,(H,24,25)/b11-7+. The summed E-state index contributed by atoms with van der Waals surface area (Å²) in [5.41, 5.74) is 3.91. The smallest absolute Gasteiger partial charge is 0.248 e. The van der Waals surface area contributed by atoms with Crippen LogP contribution < -0.4 is 10.1 Å². The van der Waals surface area contributed by atoms with Gasteiger partial charge in [0.15, 0.2) is 0 Å². The Balaban J connectivity index is 1.94. The Morgan fingerprint density at radius 2 is 1.93 bits per heavy atom. The number of furan rings is 1. The van der Waals surface area contributed by atoms with Gasteiger partial charge in [-0.15, -0.1) is 0 Å². The van der Waals surface area contributed by atoms with E-state index in [9.17, 15) is 4.79 Å². The quantitative estimate of drug-likeness (QED) is 0.512. The topological polar surface area (TPSA) is 51.5 Å². The number of carbonyl (C=O) groups is 1. The number of halogens is 2. The molecule has 0 bridgehead atoms. The molecule has 0 aliphatic rings. The van der Waals surface area contributed by atoms with Crippen molar-refractivity contribution < 1.29 is 13.9 Å². The molecule has 1 heterocycles. The lowest BCUT2D eigenvalue weighted by atomic mass is 10.0. The summed E-state index contributed by atoms with van der Waals surface area (Å²) in [6.45, 7) is 5.79. The monoisotopic (exact) mass is 403 g/mol. The van der Waals surface area contributed by atoms with Crippen molar-refractivity contribution in [3.63, 3.8) is 0 Å². The van der Waals surface area contributed by atoms with Crippen molar-refractivity contribution in [2.24, 2.45) is 0 Å². The predicted octanol–water partition coefficient (Wildman–Crippen LogP) is 6.41. The second-order valence-electron chi connectivity index (χ2n) is 6.27. The molecular weight excluding hydrogens is 385 g/mol. The van der Waals surface area contributed by atoms with Gasteiger partial charge in [-0.2, -0.15) is 0 Å². The summed E-state index contributed by atoms with van der Waals surface area (Å²) in [5, 5.41) is 4.65. The van der Waals surface area contributed by atoms with E-state index in [-0.39, 0.29) is 5.91 Å². The van der Waals surface area contributed by atoms with Crippen LogP contribution in [0.15, 0.2) is 40.8 Å². The summed E-state index contributed by atoms with van der Waals surface area (Å²) >= 11 is 12.0. The molecule has 2 aromatic carbocycles. The van der Waals surface area contributed by atoms with E-state index in [1.54, 1.807) is 25.3 Å². The summed E-state index contributed by atoms with van der Waals surface area (Å²) in [4.78, 5) is 12.4. The Bertz CT molecular complexity index is 1070. The fourth-order valence-corrected chi connectivity index (χ4v) is 3.34. The number of carbonyl (C=O) groups excluding carboxylic acids is 1. The molecule has 0 aliphatic heterocycles.